The van der Waals surface area contributed by atoms with Gasteiger partial charge in [0.05, 0.1) is 0 Å². The lowest BCUT2D eigenvalue weighted by molar-refractivity contribution is 0.436. The SMILES string of the molecule is Cc1c(C)c(=O)n(CCC(C)CCS)[nH]c1=O. The third-order valence-electron chi connectivity index (χ3n) is 3.17. The van der Waals surface area contributed by atoms with Crippen LogP contribution in [0.5, 0.6) is 0 Å². The van der Waals surface area contributed by atoms with E-state index >= 15 is 0 Å². The second-order valence-electron chi connectivity index (χ2n) is 4.55. The normalized spacial score (nSPS) is 12.7. The zero-order valence-electron chi connectivity index (χ0n) is 10.6. The van der Waals surface area contributed by atoms with Gasteiger partial charge in [-0.05, 0) is 38.4 Å². The largest absolute Gasteiger partial charge is 0.268 e. The zero-order valence-corrected chi connectivity index (χ0v) is 11.5. The first-order chi connectivity index (χ1) is 7.97. The Balaban J connectivity index is 2.86. The van der Waals surface area contributed by atoms with Gasteiger partial charge in [0, 0.05) is 17.7 Å². The molecule has 0 fully saturated rings. The Morgan fingerprint density at radius 2 is 1.88 bits per heavy atom. The van der Waals surface area contributed by atoms with Gasteiger partial charge in [-0.25, -0.2) is 0 Å². The van der Waals surface area contributed by atoms with Crippen LogP contribution in [-0.2, 0) is 6.54 Å². The molecule has 0 aliphatic heterocycles. The van der Waals surface area contributed by atoms with Crippen LogP contribution in [0, 0.1) is 19.8 Å². The lowest BCUT2D eigenvalue weighted by atomic mass is 10.1. The quantitative estimate of drug-likeness (QED) is 0.784. The molecule has 0 saturated carbocycles. The number of aromatic amines is 1. The molecule has 0 spiro atoms. The Hall–Kier alpha value is -0.970. The predicted octanol–water partition coefficient (Wildman–Crippen LogP) is 1.50. The van der Waals surface area contributed by atoms with E-state index in [0.717, 1.165) is 18.6 Å². The van der Waals surface area contributed by atoms with Crippen LogP contribution >= 0.6 is 12.6 Å². The maximum absolute atomic E-state index is 11.9. The standard InChI is InChI=1S/C12H20N2O2S/c1-8(5-7-17)4-6-14-12(16)10(3)9(2)11(15)13-14/h8,17H,4-7H2,1-3H3,(H,13,15). The Labute approximate surface area is 106 Å². The highest BCUT2D eigenvalue weighted by Crippen LogP contribution is 2.08. The summed E-state index contributed by atoms with van der Waals surface area (Å²) in [5, 5.41) is 2.61. The van der Waals surface area contributed by atoms with Gasteiger partial charge in [-0.2, -0.15) is 12.6 Å². The molecular formula is C12H20N2O2S. The molecule has 96 valence electrons. The molecule has 1 N–H and O–H groups in total. The Morgan fingerprint density at radius 1 is 1.24 bits per heavy atom. The number of hydrogen-bond acceptors (Lipinski definition) is 3. The molecule has 0 amide bonds. The number of H-pyrrole nitrogens is 1. The number of hydrogen-bond donors (Lipinski definition) is 2. The van der Waals surface area contributed by atoms with E-state index in [0.29, 0.717) is 23.6 Å². The van der Waals surface area contributed by atoms with Gasteiger partial charge in [-0.15, -0.1) is 0 Å². The molecule has 1 atom stereocenters. The highest BCUT2D eigenvalue weighted by Gasteiger charge is 2.08. The van der Waals surface area contributed by atoms with Crippen molar-refractivity contribution in [1.82, 2.24) is 9.78 Å². The van der Waals surface area contributed by atoms with Crippen LogP contribution in [0.1, 0.15) is 30.9 Å². The summed E-state index contributed by atoms with van der Waals surface area (Å²) < 4.78 is 1.42. The highest BCUT2D eigenvalue weighted by atomic mass is 32.1. The molecule has 0 aliphatic carbocycles. The maximum atomic E-state index is 11.9. The van der Waals surface area contributed by atoms with Gasteiger partial charge in [-0.3, -0.25) is 19.4 Å². The fraction of sp³-hybridized carbons (Fsp3) is 0.667. The van der Waals surface area contributed by atoms with Gasteiger partial charge < -0.3 is 0 Å². The van der Waals surface area contributed by atoms with E-state index in [4.69, 9.17) is 0 Å². The molecule has 1 aromatic rings. The minimum Gasteiger partial charge on any atom is -0.268 e. The zero-order chi connectivity index (χ0) is 13.0. The molecule has 1 aromatic heterocycles. The molecule has 0 aliphatic rings. The molecule has 0 saturated heterocycles. The van der Waals surface area contributed by atoms with Crippen LogP contribution < -0.4 is 11.1 Å². The second kappa shape index (κ2) is 6.10. The van der Waals surface area contributed by atoms with E-state index in [9.17, 15) is 9.59 Å². The van der Waals surface area contributed by atoms with Crippen LogP contribution in [0.2, 0.25) is 0 Å². The minimum absolute atomic E-state index is 0.0971. The van der Waals surface area contributed by atoms with Crippen molar-refractivity contribution < 1.29 is 0 Å². The lowest BCUT2D eigenvalue weighted by Crippen LogP contribution is -2.33. The van der Waals surface area contributed by atoms with E-state index in [1.54, 1.807) is 13.8 Å². The number of thiol groups is 1. The Kier molecular flexibility index (Phi) is 5.05. The van der Waals surface area contributed by atoms with Crippen molar-refractivity contribution in [3.05, 3.63) is 31.8 Å². The molecule has 4 nitrogen and oxygen atoms in total. The van der Waals surface area contributed by atoms with Crippen molar-refractivity contribution in [2.45, 2.75) is 40.2 Å². The molecule has 1 unspecified atom stereocenters. The summed E-state index contributed by atoms with van der Waals surface area (Å²) in [6.45, 7) is 6.05. The van der Waals surface area contributed by atoms with Crippen molar-refractivity contribution in [3.63, 3.8) is 0 Å². The van der Waals surface area contributed by atoms with Crippen molar-refractivity contribution in [2.75, 3.05) is 5.75 Å². The molecule has 0 aromatic carbocycles. The number of aryl methyl sites for hydroxylation is 1. The van der Waals surface area contributed by atoms with Crippen molar-refractivity contribution >= 4 is 12.6 Å². The van der Waals surface area contributed by atoms with Gasteiger partial charge >= 0.3 is 0 Å². The molecule has 1 heterocycles. The molecule has 0 bridgehead atoms. The van der Waals surface area contributed by atoms with Crippen molar-refractivity contribution in [3.8, 4) is 0 Å². The molecule has 17 heavy (non-hydrogen) atoms. The summed E-state index contributed by atoms with van der Waals surface area (Å²) in [6.07, 6.45) is 1.89. The van der Waals surface area contributed by atoms with Crippen LogP contribution in [0.15, 0.2) is 9.59 Å². The monoisotopic (exact) mass is 256 g/mol. The summed E-state index contributed by atoms with van der Waals surface area (Å²) in [5.41, 5.74) is 0.773. The van der Waals surface area contributed by atoms with Gasteiger partial charge in [0.15, 0.2) is 0 Å². The molecule has 1 rings (SSSR count). The second-order valence-corrected chi connectivity index (χ2v) is 5.00. The number of aromatic nitrogens is 2. The molecular weight excluding hydrogens is 236 g/mol. The average Bonchev–Trinajstić information content (AvgIpc) is 2.30. The van der Waals surface area contributed by atoms with Gasteiger partial charge in [0.25, 0.3) is 11.1 Å². The topological polar surface area (TPSA) is 54.9 Å². The fourth-order valence-electron chi connectivity index (χ4n) is 1.66. The smallest absolute Gasteiger partial charge is 0.268 e. The van der Waals surface area contributed by atoms with E-state index in [-0.39, 0.29) is 11.1 Å². The van der Waals surface area contributed by atoms with E-state index in [1.807, 2.05) is 0 Å². The van der Waals surface area contributed by atoms with Crippen LogP contribution in [0.3, 0.4) is 0 Å². The van der Waals surface area contributed by atoms with Gasteiger partial charge in [-0.1, -0.05) is 6.92 Å². The van der Waals surface area contributed by atoms with Crippen molar-refractivity contribution in [1.29, 1.82) is 0 Å². The average molecular weight is 256 g/mol. The first-order valence-corrected chi connectivity index (χ1v) is 6.51. The fourth-order valence-corrected chi connectivity index (χ4v) is 2.10. The summed E-state index contributed by atoms with van der Waals surface area (Å²) in [7, 11) is 0. The van der Waals surface area contributed by atoms with Crippen LogP contribution in [0.25, 0.3) is 0 Å². The van der Waals surface area contributed by atoms with Crippen LogP contribution in [0.4, 0.5) is 0 Å². The number of nitrogens with one attached hydrogen (secondary N) is 1. The third kappa shape index (κ3) is 3.49. The first-order valence-electron chi connectivity index (χ1n) is 5.88. The highest BCUT2D eigenvalue weighted by molar-refractivity contribution is 7.80. The van der Waals surface area contributed by atoms with E-state index < -0.39 is 0 Å². The Morgan fingerprint density at radius 3 is 2.47 bits per heavy atom. The summed E-state index contributed by atoms with van der Waals surface area (Å²) in [6, 6.07) is 0. The van der Waals surface area contributed by atoms with Gasteiger partial charge in [0.2, 0.25) is 0 Å². The number of rotatable bonds is 5. The van der Waals surface area contributed by atoms with E-state index in [2.05, 4.69) is 24.7 Å². The first kappa shape index (κ1) is 14.1. The molecule has 0 radical (unpaired) electrons. The van der Waals surface area contributed by atoms with Crippen LogP contribution in [-0.4, -0.2) is 15.5 Å². The predicted molar refractivity (Wildman–Crippen MR) is 73.0 cm³/mol. The van der Waals surface area contributed by atoms with E-state index in [1.165, 1.54) is 4.68 Å². The molecule has 5 heteroatoms. The third-order valence-corrected chi connectivity index (χ3v) is 3.43. The minimum atomic E-state index is -0.177. The number of nitrogens with zero attached hydrogens (tertiary/aromatic N) is 1. The summed E-state index contributed by atoms with van der Waals surface area (Å²) in [5.74, 6) is 1.35. The van der Waals surface area contributed by atoms with Gasteiger partial charge in [0.1, 0.15) is 0 Å². The maximum Gasteiger partial charge on any atom is 0.268 e. The summed E-state index contributed by atoms with van der Waals surface area (Å²) in [4.78, 5) is 23.4. The summed E-state index contributed by atoms with van der Waals surface area (Å²) >= 11 is 4.18. The lowest BCUT2D eigenvalue weighted by Gasteiger charge is -2.12. The van der Waals surface area contributed by atoms with Crippen molar-refractivity contribution in [2.24, 2.45) is 5.92 Å². The Bertz CT molecular complexity index is 490.